The minimum Gasteiger partial charge on any atom is -0.307 e. The first-order valence-electron chi connectivity index (χ1n) is 4.40. The summed E-state index contributed by atoms with van der Waals surface area (Å²) in [5, 5.41) is 3.06. The van der Waals surface area contributed by atoms with Crippen molar-refractivity contribution < 1.29 is 0 Å². The summed E-state index contributed by atoms with van der Waals surface area (Å²) >= 11 is 0. The maximum atomic E-state index is 5.31. The van der Waals surface area contributed by atoms with Crippen LogP contribution in [0.2, 0.25) is 0 Å². The van der Waals surface area contributed by atoms with Crippen LogP contribution in [-0.2, 0) is 6.42 Å². The maximum absolute atomic E-state index is 5.31. The van der Waals surface area contributed by atoms with E-state index in [1.807, 2.05) is 25.2 Å². The SMILES string of the molecule is C#CC(CCc1ccccn1)NC. The second-order valence-electron chi connectivity index (χ2n) is 2.87. The van der Waals surface area contributed by atoms with Crippen LogP contribution in [0.4, 0.5) is 0 Å². The second-order valence-corrected chi connectivity index (χ2v) is 2.87. The molecule has 13 heavy (non-hydrogen) atoms. The van der Waals surface area contributed by atoms with E-state index >= 15 is 0 Å². The standard InChI is InChI=1S/C11H14N2/c1-3-10(12-2)7-8-11-6-4-5-9-13-11/h1,4-6,9-10,12H,7-8H2,2H3. The summed E-state index contributed by atoms with van der Waals surface area (Å²) in [6.45, 7) is 0. The van der Waals surface area contributed by atoms with Crippen molar-refractivity contribution in [3.63, 3.8) is 0 Å². The Labute approximate surface area is 79.4 Å². The fourth-order valence-electron chi connectivity index (χ4n) is 1.15. The highest BCUT2D eigenvalue weighted by Crippen LogP contribution is 2.00. The largest absolute Gasteiger partial charge is 0.307 e. The van der Waals surface area contributed by atoms with Crippen LogP contribution in [-0.4, -0.2) is 18.1 Å². The van der Waals surface area contributed by atoms with Crippen molar-refractivity contribution in [1.29, 1.82) is 0 Å². The molecule has 2 heteroatoms. The number of hydrogen-bond acceptors (Lipinski definition) is 2. The lowest BCUT2D eigenvalue weighted by Gasteiger charge is -2.07. The summed E-state index contributed by atoms with van der Waals surface area (Å²) in [7, 11) is 1.88. The number of aryl methyl sites for hydroxylation is 1. The van der Waals surface area contributed by atoms with Crippen LogP contribution >= 0.6 is 0 Å². The summed E-state index contributed by atoms with van der Waals surface area (Å²) < 4.78 is 0. The van der Waals surface area contributed by atoms with Gasteiger partial charge in [0.1, 0.15) is 0 Å². The summed E-state index contributed by atoms with van der Waals surface area (Å²) in [5.41, 5.74) is 1.10. The molecule has 0 spiro atoms. The van der Waals surface area contributed by atoms with Gasteiger partial charge < -0.3 is 5.32 Å². The number of pyridine rings is 1. The number of nitrogens with one attached hydrogen (secondary N) is 1. The third kappa shape index (κ3) is 3.27. The Morgan fingerprint density at radius 1 is 1.62 bits per heavy atom. The van der Waals surface area contributed by atoms with Crippen LogP contribution in [0.1, 0.15) is 12.1 Å². The topological polar surface area (TPSA) is 24.9 Å². The molecule has 0 saturated heterocycles. The normalized spacial score (nSPS) is 12.0. The van der Waals surface area contributed by atoms with Gasteiger partial charge in [-0.15, -0.1) is 6.42 Å². The molecule has 0 aliphatic heterocycles. The zero-order chi connectivity index (χ0) is 9.52. The van der Waals surface area contributed by atoms with Gasteiger partial charge in [-0.05, 0) is 32.0 Å². The van der Waals surface area contributed by atoms with Gasteiger partial charge in [0.05, 0.1) is 6.04 Å². The van der Waals surface area contributed by atoms with Crippen molar-refractivity contribution in [1.82, 2.24) is 10.3 Å². The molecule has 0 fully saturated rings. The van der Waals surface area contributed by atoms with E-state index in [-0.39, 0.29) is 6.04 Å². The Bertz CT molecular complexity index is 274. The maximum Gasteiger partial charge on any atom is 0.0688 e. The summed E-state index contributed by atoms with van der Waals surface area (Å²) in [6.07, 6.45) is 8.98. The molecular weight excluding hydrogens is 160 g/mol. The van der Waals surface area contributed by atoms with E-state index in [0.29, 0.717) is 0 Å². The highest BCUT2D eigenvalue weighted by molar-refractivity contribution is 5.06. The number of hydrogen-bond donors (Lipinski definition) is 1. The Balaban J connectivity index is 2.40. The van der Waals surface area contributed by atoms with Gasteiger partial charge in [0.2, 0.25) is 0 Å². The number of rotatable bonds is 4. The first-order valence-corrected chi connectivity index (χ1v) is 4.40. The molecule has 0 amide bonds. The molecule has 1 aromatic rings. The molecule has 2 nitrogen and oxygen atoms in total. The van der Waals surface area contributed by atoms with E-state index in [1.165, 1.54) is 0 Å². The molecule has 1 rings (SSSR count). The first kappa shape index (κ1) is 9.76. The zero-order valence-electron chi connectivity index (χ0n) is 7.83. The van der Waals surface area contributed by atoms with Crippen LogP contribution in [0.5, 0.6) is 0 Å². The molecule has 68 valence electrons. The molecule has 1 atom stereocenters. The van der Waals surface area contributed by atoms with Gasteiger partial charge in [-0.1, -0.05) is 12.0 Å². The van der Waals surface area contributed by atoms with Gasteiger partial charge in [-0.3, -0.25) is 4.98 Å². The summed E-state index contributed by atoms with van der Waals surface area (Å²) in [5.74, 6) is 2.68. The van der Waals surface area contributed by atoms with Crippen LogP contribution in [0, 0.1) is 12.3 Å². The van der Waals surface area contributed by atoms with Crippen LogP contribution < -0.4 is 5.32 Å². The molecular formula is C11H14N2. The first-order chi connectivity index (χ1) is 6.36. The van der Waals surface area contributed by atoms with Crippen molar-refractivity contribution in [2.24, 2.45) is 0 Å². The Morgan fingerprint density at radius 3 is 3.00 bits per heavy atom. The lowest BCUT2D eigenvalue weighted by atomic mass is 10.1. The number of terminal acetylenes is 1. The molecule has 0 radical (unpaired) electrons. The van der Waals surface area contributed by atoms with E-state index in [1.54, 1.807) is 6.20 Å². The monoisotopic (exact) mass is 174 g/mol. The van der Waals surface area contributed by atoms with Crippen molar-refractivity contribution >= 4 is 0 Å². The third-order valence-electron chi connectivity index (χ3n) is 1.96. The fourth-order valence-corrected chi connectivity index (χ4v) is 1.15. The fraction of sp³-hybridized carbons (Fsp3) is 0.364. The van der Waals surface area contributed by atoms with E-state index < -0.39 is 0 Å². The number of aromatic nitrogens is 1. The molecule has 0 aromatic carbocycles. The predicted octanol–water partition coefficient (Wildman–Crippen LogP) is 1.24. The van der Waals surface area contributed by atoms with Gasteiger partial charge in [0.25, 0.3) is 0 Å². The zero-order valence-corrected chi connectivity index (χ0v) is 7.83. The molecule has 0 saturated carbocycles. The van der Waals surface area contributed by atoms with E-state index in [0.717, 1.165) is 18.5 Å². The van der Waals surface area contributed by atoms with Crippen molar-refractivity contribution in [3.8, 4) is 12.3 Å². The molecule has 1 N–H and O–H groups in total. The van der Waals surface area contributed by atoms with E-state index in [2.05, 4.69) is 16.2 Å². The molecule has 0 bridgehead atoms. The molecule has 1 aromatic heterocycles. The predicted molar refractivity (Wildman–Crippen MR) is 54.2 cm³/mol. The highest BCUT2D eigenvalue weighted by atomic mass is 14.9. The Hall–Kier alpha value is -1.33. The Morgan fingerprint density at radius 2 is 2.46 bits per heavy atom. The molecule has 0 aliphatic carbocycles. The van der Waals surface area contributed by atoms with Gasteiger partial charge in [0, 0.05) is 11.9 Å². The minimum absolute atomic E-state index is 0.155. The van der Waals surface area contributed by atoms with Gasteiger partial charge in [-0.2, -0.15) is 0 Å². The highest BCUT2D eigenvalue weighted by Gasteiger charge is 2.01. The summed E-state index contributed by atoms with van der Waals surface area (Å²) in [4.78, 5) is 4.22. The molecule has 1 heterocycles. The summed E-state index contributed by atoms with van der Waals surface area (Å²) in [6, 6.07) is 6.08. The third-order valence-corrected chi connectivity index (χ3v) is 1.96. The lowest BCUT2D eigenvalue weighted by molar-refractivity contribution is 0.625. The van der Waals surface area contributed by atoms with Gasteiger partial charge in [-0.25, -0.2) is 0 Å². The van der Waals surface area contributed by atoms with Crippen molar-refractivity contribution in [3.05, 3.63) is 30.1 Å². The average molecular weight is 174 g/mol. The smallest absolute Gasteiger partial charge is 0.0688 e. The van der Waals surface area contributed by atoms with E-state index in [4.69, 9.17) is 6.42 Å². The van der Waals surface area contributed by atoms with E-state index in [9.17, 15) is 0 Å². The lowest BCUT2D eigenvalue weighted by Crippen LogP contribution is -2.23. The van der Waals surface area contributed by atoms with Gasteiger partial charge >= 0.3 is 0 Å². The average Bonchev–Trinajstić information content (AvgIpc) is 2.21. The van der Waals surface area contributed by atoms with Gasteiger partial charge in [0.15, 0.2) is 0 Å². The van der Waals surface area contributed by atoms with Crippen LogP contribution in [0.3, 0.4) is 0 Å². The quantitative estimate of drug-likeness (QED) is 0.695. The van der Waals surface area contributed by atoms with Crippen LogP contribution in [0.15, 0.2) is 24.4 Å². The second kappa shape index (κ2) is 5.34. The Kier molecular flexibility index (Phi) is 4.01. The van der Waals surface area contributed by atoms with Crippen molar-refractivity contribution in [2.45, 2.75) is 18.9 Å². The van der Waals surface area contributed by atoms with Crippen LogP contribution in [0.25, 0.3) is 0 Å². The molecule has 0 aliphatic rings. The van der Waals surface area contributed by atoms with Crippen molar-refractivity contribution in [2.75, 3.05) is 7.05 Å². The molecule has 1 unspecified atom stereocenters. The minimum atomic E-state index is 0.155. The number of nitrogens with zero attached hydrogens (tertiary/aromatic N) is 1.